The van der Waals surface area contributed by atoms with Crippen molar-refractivity contribution in [3.63, 3.8) is 0 Å². The Morgan fingerprint density at radius 3 is 3.08 bits per heavy atom. The highest BCUT2D eigenvalue weighted by Crippen LogP contribution is 2.33. The van der Waals surface area contributed by atoms with Crippen LogP contribution in [-0.4, -0.2) is 28.6 Å². The minimum atomic E-state index is -0.328. The van der Waals surface area contributed by atoms with Crippen molar-refractivity contribution in [2.24, 2.45) is 0 Å². The molecule has 4 rings (SSSR count). The van der Waals surface area contributed by atoms with E-state index in [2.05, 4.69) is 20.8 Å². The van der Waals surface area contributed by atoms with Crippen LogP contribution in [0.2, 0.25) is 0 Å². The van der Waals surface area contributed by atoms with Gasteiger partial charge in [0.15, 0.2) is 11.7 Å². The fourth-order valence-corrected chi connectivity index (χ4v) is 3.10. The molecule has 0 fully saturated rings. The van der Waals surface area contributed by atoms with Crippen molar-refractivity contribution in [3.05, 3.63) is 41.1 Å². The molecule has 2 aromatic heterocycles. The summed E-state index contributed by atoms with van der Waals surface area (Å²) in [5.74, 6) is 0.542. The zero-order valence-electron chi connectivity index (χ0n) is 13.0. The molecule has 0 aliphatic carbocycles. The number of aromatic nitrogens is 2. The summed E-state index contributed by atoms with van der Waals surface area (Å²) in [4.78, 5) is 28.0. The smallest absolute Gasteiger partial charge is 0.262 e. The maximum Gasteiger partial charge on any atom is 0.262 e. The molecular formula is C16H12N4O4S. The summed E-state index contributed by atoms with van der Waals surface area (Å²) in [5, 5.41) is 11.3. The molecule has 126 valence electrons. The summed E-state index contributed by atoms with van der Waals surface area (Å²) >= 11 is 1.30. The predicted octanol–water partition coefficient (Wildman–Crippen LogP) is 2.69. The molecule has 2 N–H and O–H groups in total. The number of ether oxygens (including phenoxy) is 1. The average molecular weight is 356 g/mol. The van der Waals surface area contributed by atoms with Crippen LogP contribution in [0.25, 0.3) is 11.3 Å². The second-order valence-electron chi connectivity index (χ2n) is 5.34. The van der Waals surface area contributed by atoms with Crippen LogP contribution in [0.4, 0.5) is 10.8 Å². The van der Waals surface area contributed by atoms with E-state index in [1.165, 1.54) is 17.5 Å². The number of rotatable bonds is 3. The first-order valence-electron chi connectivity index (χ1n) is 7.35. The number of nitrogens with zero attached hydrogens (tertiary/aromatic N) is 2. The fraction of sp³-hybridized carbons (Fsp3) is 0.125. The predicted molar refractivity (Wildman–Crippen MR) is 90.9 cm³/mol. The molecule has 3 heterocycles. The van der Waals surface area contributed by atoms with Gasteiger partial charge in [0.25, 0.3) is 11.8 Å². The van der Waals surface area contributed by atoms with E-state index < -0.39 is 0 Å². The third-order valence-electron chi connectivity index (χ3n) is 3.63. The topological polar surface area (TPSA) is 106 Å². The number of nitrogens with one attached hydrogen (secondary N) is 2. The first-order valence-corrected chi connectivity index (χ1v) is 8.23. The minimum absolute atomic E-state index is 0.0154. The summed E-state index contributed by atoms with van der Waals surface area (Å²) < 4.78 is 10.2. The van der Waals surface area contributed by atoms with Gasteiger partial charge >= 0.3 is 0 Å². The van der Waals surface area contributed by atoms with Crippen LogP contribution >= 0.6 is 11.3 Å². The van der Waals surface area contributed by atoms with Gasteiger partial charge in [-0.25, -0.2) is 4.98 Å². The van der Waals surface area contributed by atoms with Crippen molar-refractivity contribution in [2.45, 2.75) is 6.92 Å². The van der Waals surface area contributed by atoms with Crippen LogP contribution in [0.3, 0.4) is 0 Å². The van der Waals surface area contributed by atoms with Crippen LogP contribution in [0.1, 0.15) is 16.1 Å². The van der Waals surface area contributed by atoms with Gasteiger partial charge in [-0.15, -0.1) is 11.3 Å². The summed E-state index contributed by atoms with van der Waals surface area (Å²) in [5.41, 5.74) is 2.46. The second-order valence-corrected chi connectivity index (χ2v) is 6.19. The molecule has 3 aromatic rings. The lowest BCUT2D eigenvalue weighted by Gasteiger charge is -2.18. The number of thiazole rings is 1. The maximum absolute atomic E-state index is 12.2. The third kappa shape index (κ3) is 2.96. The number of aryl methyl sites for hydroxylation is 1. The van der Waals surface area contributed by atoms with Crippen molar-refractivity contribution in [2.75, 3.05) is 17.2 Å². The summed E-state index contributed by atoms with van der Waals surface area (Å²) in [7, 11) is 0. The SMILES string of the molecule is Cc1oncc1C(=O)Nc1nc(-c2ccc3c(c2)NC(=O)CO3)cs1. The highest BCUT2D eigenvalue weighted by Gasteiger charge is 2.18. The molecule has 0 saturated carbocycles. The van der Waals surface area contributed by atoms with Crippen LogP contribution in [0, 0.1) is 6.92 Å². The molecule has 1 aliphatic heterocycles. The van der Waals surface area contributed by atoms with Gasteiger partial charge in [0.2, 0.25) is 0 Å². The van der Waals surface area contributed by atoms with Gasteiger partial charge in [-0.1, -0.05) is 5.16 Å². The number of hydrogen-bond acceptors (Lipinski definition) is 7. The maximum atomic E-state index is 12.2. The minimum Gasteiger partial charge on any atom is -0.482 e. The first-order chi connectivity index (χ1) is 12.1. The van der Waals surface area contributed by atoms with Gasteiger partial charge in [0.05, 0.1) is 17.6 Å². The Balaban J connectivity index is 1.55. The highest BCUT2D eigenvalue weighted by atomic mass is 32.1. The molecule has 0 spiro atoms. The molecule has 2 amide bonds. The molecule has 9 heteroatoms. The Kier molecular flexibility index (Phi) is 3.69. The third-order valence-corrected chi connectivity index (χ3v) is 4.39. The molecule has 1 aromatic carbocycles. The Labute approximate surface area is 145 Å². The average Bonchev–Trinajstić information content (AvgIpc) is 3.23. The molecule has 25 heavy (non-hydrogen) atoms. The van der Waals surface area contributed by atoms with Gasteiger partial charge in [-0.3, -0.25) is 14.9 Å². The highest BCUT2D eigenvalue weighted by molar-refractivity contribution is 7.14. The van der Waals surface area contributed by atoms with Crippen LogP contribution < -0.4 is 15.4 Å². The van der Waals surface area contributed by atoms with E-state index in [1.54, 1.807) is 19.1 Å². The Morgan fingerprint density at radius 2 is 2.28 bits per heavy atom. The van der Waals surface area contributed by atoms with E-state index in [9.17, 15) is 9.59 Å². The lowest BCUT2D eigenvalue weighted by molar-refractivity contribution is -0.118. The van der Waals surface area contributed by atoms with Crippen molar-refractivity contribution in [1.29, 1.82) is 0 Å². The van der Waals surface area contributed by atoms with Crippen LogP contribution in [-0.2, 0) is 4.79 Å². The van der Waals surface area contributed by atoms with Crippen LogP contribution in [0.15, 0.2) is 34.3 Å². The normalized spacial score (nSPS) is 12.9. The van der Waals surface area contributed by atoms with Gasteiger partial charge in [-0.2, -0.15) is 0 Å². The Morgan fingerprint density at radius 1 is 1.40 bits per heavy atom. The molecule has 8 nitrogen and oxygen atoms in total. The molecule has 1 aliphatic rings. The standard InChI is InChI=1S/C16H12N4O4S/c1-8-10(5-17-24-8)15(22)20-16-19-12(7-25-16)9-2-3-13-11(4-9)18-14(21)6-23-13/h2-5,7H,6H2,1H3,(H,18,21)(H,19,20,22). The summed E-state index contributed by atoms with van der Waals surface area (Å²) in [6, 6.07) is 5.42. The van der Waals surface area contributed by atoms with E-state index in [4.69, 9.17) is 9.26 Å². The van der Waals surface area contributed by atoms with Gasteiger partial charge in [-0.05, 0) is 25.1 Å². The second kappa shape index (κ2) is 6.02. The van der Waals surface area contributed by atoms with Crippen LogP contribution in [0.5, 0.6) is 5.75 Å². The van der Waals surface area contributed by atoms with Gasteiger partial charge < -0.3 is 14.6 Å². The Hall–Kier alpha value is -3.20. The molecule has 0 atom stereocenters. The van der Waals surface area contributed by atoms with Crippen molar-refractivity contribution < 1.29 is 18.8 Å². The molecule has 0 unspecified atom stereocenters. The number of anilines is 2. The lowest BCUT2D eigenvalue weighted by atomic mass is 10.1. The first kappa shape index (κ1) is 15.3. The quantitative estimate of drug-likeness (QED) is 0.747. The zero-order valence-corrected chi connectivity index (χ0v) is 13.8. The number of hydrogen-bond donors (Lipinski definition) is 2. The number of carbonyl (C=O) groups excluding carboxylic acids is 2. The number of benzene rings is 1. The van der Waals surface area contributed by atoms with Crippen molar-refractivity contribution >= 4 is 34.0 Å². The van der Waals surface area contributed by atoms with Crippen molar-refractivity contribution in [1.82, 2.24) is 10.1 Å². The fourth-order valence-electron chi connectivity index (χ4n) is 2.39. The molecule has 0 saturated heterocycles. The molecule has 0 radical (unpaired) electrons. The number of carbonyl (C=O) groups is 2. The largest absolute Gasteiger partial charge is 0.482 e. The van der Waals surface area contributed by atoms with E-state index in [0.717, 1.165) is 5.56 Å². The number of amides is 2. The monoisotopic (exact) mass is 356 g/mol. The van der Waals surface area contributed by atoms with Gasteiger partial charge in [0, 0.05) is 10.9 Å². The van der Waals surface area contributed by atoms with Gasteiger partial charge in [0.1, 0.15) is 17.1 Å². The summed E-state index contributed by atoms with van der Waals surface area (Å²) in [6.45, 7) is 1.68. The van der Waals surface area contributed by atoms with E-state index in [0.29, 0.717) is 33.6 Å². The van der Waals surface area contributed by atoms with Crippen molar-refractivity contribution in [3.8, 4) is 17.0 Å². The zero-order chi connectivity index (χ0) is 17.4. The van der Waals surface area contributed by atoms with E-state index >= 15 is 0 Å². The molecular weight excluding hydrogens is 344 g/mol. The summed E-state index contributed by atoms with van der Waals surface area (Å²) in [6.07, 6.45) is 1.37. The number of fused-ring (bicyclic) bond motifs is 1. The lowest BCUT2D eigenvalue weighted by Crippen LogP contribution is -2.25. The molecule has 0 bridgehead atoms. The van der Waals surface area contributed by atoms with E-state index in [-0.39, 0.29) is 18.4 Å². The van der Waals surface area contributed by atoms with E-state index in [1.807, 2.05) is 11.4 Å². The Bertz CT molecular complexity index is 978.